The van der Waals surface area contributed by atoms with E-state index in [-0.39, 0.29) is 12.2 Å². The molecule has 0 saturated carbocycles. The van der Waals surface area contributed by atoms with Gasteiger partial charge in [0.15, 0.2) is 11.4 Å². The van der Waals surface area contributed by atoms with Crippen molar-refractivity contribution in [2.75, 3.05) is 13.2 Å². The van der Waals surface area contributed by atoms with Crippen molar-refractivity contribution in [2.45, 2.75) is 33.3 Å². The number of hydrogen-bond acceptors (Lipinski definition) is 5. The predicted octanol–water partition coefficient (Wildman–Crippen LogP) is 2.33. The van der Waals surface area contributed by atoms with Crippen molar-refractivity contribution in [3.05, 3.63) is 47.2 Å². The van der Waals surface area contributed by atoms with Crippen LogP contribution in [0.5, 0.6) is 5.75 Å². The number of ether oxygens (including phenoxy) is 1. The van der Waals surface area contributed by atoms with Crippen LogP contribution < -0.4 is 10.1 Å². The van der Waals surface area contributed by atoms with E-state index in [1.165, 1.54) is 6.20 Å². The second-order valence-corrected chi connectivity index (χ2v) is 5.57. The van der Waals surface area contributed by atoms with Crippen LogP contribution in [0.2, 0.25) is 0 Å². The van der Waals surface area contributed by atoms with Crippen LogP contribution in [0.3, 0.4) is 0 Å². The highest BCUT2D eigenvalue weighted by Crippen LogP contribution is 2.26. The first-order chi connectivity index (χ1) is 10.8. The number of nitrogens with zero attached hydrogens (tertiary/aromatic N) is 1. The number of aryl methyl sites for hydroxylation is 2. The lowest BCUT2D eigenvalue weighted by molar-refractivity contribution is 0.0511. The highest BCUT2D eigenvalue weighted by molar-refractivity contribution is 5.94. The monoisotopic (exact) mass is 318 g/mol. The van der Waals surface area contributed by atoms with Gasteiger partial charge in [0.05, 0.1) is 13.2 Å². The highest BCUT2D eigenvalue weighted by Gasteiger charge is 2.29. The van der Waals surface area contributed by atoms with E-state index < -0.39 is 11.5 Å². The topological polar surface area (TPSA) is 84.6 Å². The molecule has 2 heterocycles. The molecule has 0 spiro atoms. The summed E-state index contributed by atoms with van der Waals surface area (Å²) in [4.78, 5) is 16.4. The third kappa shape index (κ3) is 3.90. The molecule has 0 bridgehead atoms. The molecule has 0 aromatic carbocycles. The Morgan fingerprint density at radius 1 is 1.48 bits per heavy atom. The molecule has 124 valence electrons. The molecule has 2 N–H and O–H groups in total. The Balaban J connectivity index is 2.11. The Hall–Kier alpha value is -2.34. The normalized spacial score (nSPS) is 13.4. The third-order valence-electron chi connectivity index (χ3n) is 3.50. The quantitative estimate of drug-likeness (QED) is 0.854. The molecule has 0 fully saturated rings. The molecule has 1 atom stereocenters. The fourth-order valence-corrected chi connectivity index (χ4v) is 2.43. The Morgan fingerprint density at radius 2 is 2.22 bits per heavy atom. The first-order valence-electron chi connectivity index (χ1n) is 7.51. The number of carbonyl (C=O) groups excluding carboxylic acids is 1. The van der Waals surface area contributed by atoms with Gasteiger partial charge in [-0.05, 0) is 45.9 Å². The Labute approximate surface area is 135 Å². The minimum absolute atomic E-state index is 0.0355. The number of amides is 1. The summed E-state index contributed by atoms with van der Waals surface area (Å²) in [5, 5.41) is 13.3. The zero-order valence-corrected chi connectivity index (χ0v) is 13.8. The number of aromatic nitrogens is 1. The zero-order valence-electron chi connectivity index (χ0n) is 13.8. The summed E-state index contributed by atoms with van der Waals surface area (Å²) in [6.45, 7) is 7.54. The molecular weight excluding hydrogens is 296 g/mol. The van der Waals surface area contributed by atoms with Crippen LogP contribution in [-0.4, -0.2) is 29.1 Å². The maximum Gasteiger partial charge on any atom is 0.273 e. The van der Waals surface area contributed by atoms with Crippen molar-refractivity contribution in [1.82, 2.24) is 10.3 Å². The summed E-state index contributed by atoms with van der Waals surface area (Å²) in [5.74, 6) is 1.37. The van der Waals surface area contributed by atoms with Crippen LogP contribution in [0.1, 0.15) is 41.4 Å². The van der Waals surface area contributed by atoms with Gasteiger partial charge in [-0.2, -0.15) is 0 Å². The molecule has 0 radical (unpaired) electrons. The van der Waals surface area contributed by atoms with Gasteiger partial charge in [0, 0.05) is 11.8 Å². The third-order valence-corrected chi connectivity index (χ3v) is 3.50. The van der Waals surface area contributed by atoms with Crippen LogP contribution in [0.4, 0.5) is 0 Å². The minimum Gasteiger partial charge on any atom is -0.491 e. The number of aliphatic hydroxyl groups is 1. The van der Waals surface area contributed by atoms with E-state index in [1.807, 2.05) is 13.8 Å². The van der Waals surface area contributed by atoms with Gasteiger partial charge in [-0.1, -0.05) is 0 Å². The van der Waals surface area contributed by atoms with Crippen molar-refractivity contribution in [1.29, 1.82) is 0 Å². The number of rotatable bonds is 6. The summed E-state index contributed by atoms with van der Waals surface area (Å²) >= 11 is 0. The van der Waals surface area contributed by atoms with Gasteiger partial charge in [-0.3, -0.25) is 4.79 Å². The lowest BCUT2D eigenvalue weighted by Gasteiger charge is -2.23. The standard InChI is InChI=1S/C17H22N2O4/c1-5-22-14-7-6-8-18-15(14)16(20)19-10-17(4,21)13-9-11(2)23-12(13)3/h6-9,21H,5,10H2,1-4H3,(H,19,20). The molecule has 2 rings (SSSR count). The van der Waals surface area contributed by atoms with Gasteiger partial charge >= 0.3 is 0 Å². The average Bonchev–Trinajstić information content (AvgIpc) is 2.85. The molecule has 0 saturated heterocycles. The lowest BCUT2D eigenvalue weighted by atomic mass is 9.96. The van der Waals surface area contributed by atoms with Crippen LogP contribution in [-0.2, 0) is 5.60 Å². The first-order valence-corrected chi connectivity index (χ1v) is 7.51. The summed E-state index contributed by atoms with van der Waals surface area (Å²) < 4.78 is 10.8. The van der Waals surface area contributed by atoms with Crippen LogP contribution in [0.15, 0.2) is 28.8 Å². The van der Waals surface area contributed by atoms with Gasteiger partial charge in [0.2, 0.25) is 0 Å². The molecule has 1 unspecified atom stereocenters. The van der Waals surface area contributed by atoms with Gasteiger partial charge in [0.25, 0.3) is 5.91 Å². The Kier molecular flexibility index (Phi) is 5.05. The van der Waals surface area contributed by atoms with E-state index in [0.29, 0.717) is 29.4 Å². The molecule has 6 heteroatoms. The summed E-state index contributed by atoms with van der Waals surface area (Å²) in [7, 11) is 0. The maximum atomic E-state index is 12.3. The number of hydrogen-bond donors (Lipinski definition) is 2. The fraction of sp³-hybridized carbons (Fsp3) is 0.412. The largest absolute Gasteiger partial charge is 0.491 e. The molecule has 0 aliphatic heterocycles. The van der Waals surface area contributed by atoms with E-state index in [9.17, 15) is 9.90 Å². The van der Waals surface area contributed by atoms with E-state index in [2.05, 4.69) is 10.3 Å². The van der Waals surface area contributed by atoms with Crippen molar-refractivity contribution >= 4 is 5.91 Å². The molecule has 6 nitrogen and oxygen atoms in total. The number of furan rings is 1. The maximum absolute atomic E-state index is 12.3. The first kappa shape index (κ1) is 17.0. The molecular formula is C17H22N2O4. The van der Waals surface area contributed by atoms with E-state index in [4.69, 9.17) is 9.15 Å². The molecule has 2 aromatic heterocycles. The van der Waals surface area contributed by atoms with Crippen molar-refractivity contribution < 1.29 is 19.1 Å². The SMILES string of the molecule is CCOc1cccnc1C(=O)NCC(C)(O)c1cc(C)oc1C. The summed E-state index contributed by atoms with van der Waals surface area (Å²) in [5.41, 5.74) is -0.385. The van der Waals surface area contributed by atoms with Crippen molar-refractivity contribution in [3.8, 4) is 5.75 Å². The lowest BCUT2D eigenvalue weighted by Crippen LogP contribution is -2.39. The van der Waals surface area contributed by atoms with Crippen molar-refractivity contribution in [3.63, 3.8) is 0 Å². The van der Waals surface area contributed by atoms with E-state index in [1.54, 1.807) is 32.0 Å². The zero-order chi connectivity index (χ0) is 17.0. The van der Waals surface area contributed by atoms with Gasteiger partial charge in [0.1, 0.15) is 17.1 Å². The highest BCUT2D eigenvalue weighted by atomic mass is 16.5. The number of pyridine rings is 1. The smallest absolute Gasteiger partial charge is 0.273 e. The number of carbonyl (C=O) groups is 1. The van der Waals surface area contributed by atoms with Gasteiger partial charge in [-0.25, -0.2) is 4.98 Å². The van der Waals surface area contributed by atoms with Gasteiger partial charge < -0.3 is 19.6 Å². The van der Waals surface area contributed by atoms with E-state index in [0.717, 1.165) is 0 Å². The molecule has 2 aromatic rings. The fourth-order valence-electron chi connectivity index (χ4n) is 2.43. The molecule has 23 heavy (non-hydrogen) atoms. The Morgan fingerprint density at radius 3 is 2.83 bits per heavy atom. The summed E-state index contributed by atoms with van der Waals surface area (Å²) in [6.07, 6.45) is 1.53. The van der Waals surface area contributed by atoms with Crippen LogP contribution >= 0.6 is 0 Å². The molecule has 0 aliphatic rings. The Bertz CT molecular complexity index is 692. The second kappa shape index (κ2) is 6.83. The average molecular weight is 318 g/mol. The minimum atomic E-state index is -1.24. The van der Waals surface area contributed by atoms with Gasteiger partial charge in [-0.15, -0.1) is 0 Å². The predicted molar refractivity (Wildman–Crippen MR) is 85.5 cm³/mol. The number of nitrogens with one attached hydrogen (secondary N) is 1. The molecule has 1 amide bonds. The molecule has 0 aliphatic carbocycles. The van der Waals surface area contributed by atoms with Crippen LogP contribution in [0.25, 0.3) is 0 Å². The summed E-state index contributed by atoms with van der Waals surface area (Å²) in [6, 6.07) is 5.16. The second-order valence-electron chi connectivity index (χ2n) is 5.57. The van der Waals surface area contributed by atoms with E-state index >= 15 is 0 Å². The van der Waals surface area contributed by atoms with Crippen molar-refractivity contribution in [2.24, 2.45) is 0 Å². The van der Waals surface area contributed by atoms with Crippen LogP contribution in [0, 0.1) is 13.8 Å².